The van der Waals surface area contributed by atoms with Crippen LogP contribution >= 0.6 is 22.6 Å². The second-order valence-corrected chi connectivity index (χ2v) is 6.58. The van der Waals surface area contributed by atoms with Gasteiger partial charge in [0.05, 0.1) is 6.20 Å². The van der Waals surface area contributed by atoms with Gasteiger partial charge >= 0.3 is 0 Å². The molecule has 20 heavy (non-hydrogen) atoms. The largest absolute Gasteiger partial charge is 0.441 e. The zero-order valence-corrected chi connectivity index (χ0v) is 14.2. The van der Waals surface area contributed by atoms with E-state index in [4.69, 9.17) is 4.42 Å². The molecule has 0 aliphatic carbocycles. The normalized spacial score (nSPS) is 11.2. The van der Waals surface area contributed by atoms with E-state index < -0.39 is 0 Å². The minimum Gasteiger partial charge on any atom is -0.441 e. The highest BCUT2D eigenvalue weighted by atomic mass is 127. The second-order valence-electron chi connectivity index (χ2n) is 5.33. The Bertz CT molecular complexity index is 537. The predicted octanol–water partition coefficient (Wildman–Crippen LogP) is 4.12. The number of benzene rings is 1. The molecule has 0 fully saturated rings. The fourth-order valence-electron chi connectivity index (χ4n) is 1.96. The van der Waals surface area contributed by atoms with Gasteiger partial charge in [-0.3, -0.25) is 0 Å². The van der Waals surface area contributed by atoms with Gasteiger partial charge in [0.15, 0.2) is 11.7 Å². The van der Waals surface area contributed by atoms with E-state index in [1.54, 1.807) is 0 Å². The third-order valence-electron chi connectivity index (χ3n) is 2.96. The van der Waals surface area contributed by atoms with Crippen LogP contribution in [0.2, 0.25) is 0 Å². The number of aromatic nitrogens is 1. The number of hydrogen-bond donors (Lipinski definition) is 1. The summed E-state index contributed by atoms with van der Waals surface area (Å²) in [6, 6.07) is 8.27. The highest BCUT2D eigenvalue weighted by molar-refractivity contribution is 14.1. The first-order valence-electron chi connectivity index (χ1n) is 7.06. The van der Waals surface area contributed by atoms with Crippen LogP contribution in [0.4, 0.5) is 0 Å². The van der Waals surface area contributed by atoms with Crippen molar-refractivity contribution in [2.24, 2.45) is 5.92 Å². The van der Waals surface area contributed by atoms with Crippen LogP contribution in [0, 0.1) is 9.49 Å². The zero-order chi connectivity index (χ0) is 14.4. The lowest BCUT2D eigenvalue weighted by Crippen LogP contribution is -2.21. The minimum absolute atomic E-state index is 0.698. The molecule has 0 amide bonds. The van der Waals surface area contributed by atoms with Crippen LogP contribution in [0.3, 0.4) is 0 Å². The maximum atomic E-state index is 5.81. The Morgan fingerprint density at radius 3 is 2.95 bits per heavy atom. The van der Waals surface area contributed by atoms with Crippen molar-refractivity contribution in [3.63, 3.8) is 0 Å². The van der Waals surface area contributed by atoms with Crippen LogP contribution in [-0.2, 0) is 6.42 Å². The standard InChI is InChI=1S/C16H21IN2O/c1-12(2)10-18-8-4-7-16-19-11-15(20-16)13-5-3-6-14(17)9-13/h3,5-6,9,11-12,18H,4,7-8,10H2,1-2H3. The molecule has 0 saturated carbocycles. The van der Waals surface area contributed by atoms with E-state index in [1.165, 1.54) is 3.57 Å². The van der Waals surface area contributed by atoms with Crippen molar-refractivity contribution < 1.29 is 4.42 Å². The quantitative estimate of drug-likeness (QED) is 0.577. The molecule has 0 unspecified atom stereocenters. The summed E-state index contributed by atoms with van der Waals surface area (Å²) in [4.78, 5) is 4.36. The zero-order valence-electron chi connectivity index (χ0n) is 12.0. The van der Waals surface area contributed by atoms with Gasteiger partial charge in [-0.25, -0.2) is 4.98 Å². The van der Waals surface area contributed by atoms with Gasteiger partial charge in [-0.1, -0.05) is 26.0 Å². The van der Waals surface area contributed by atoms with Crippen LogP contribution in [0.5, 0.6) is 0 Å². The Kier molecular flexibility index (Phi) is 6.04. The molecule has 1 heterocycles. The minimum atomic E-state index is 0.698. The Balaban J connectivity index is 1.83. The van der Waals surface area contributed by atoms with Gasteiger partial charge in [-0.05, 0) is 60.2 Å². The molecule has 0 atom stereocenters. The van der Waals surface area contributed by atoms with Gasteiger partial charge in [-0.2, -0.15) is 0 Å². The SMILES string of the molecule is CC(C)CNCCCc1ncc(-c2cccc(I)c2)o1. The van der Waals surface area contributed by atoms with Crippen molar-refractivity contribution >= 4 is 22.6 Å². The van der Waals surface area contributed by atoms with Gasteiger partial charge in [0.2, 0.25) is 0 Å². The van der Waals surface area contributed by atoms with Crippen LogP contribution in [0.15, 0.2) is 34.9 Å². The smallest absolute Gasteiger partial charge is 0.194 e. The van der Waals surface area contributed by atoms with Crippen molar-refractivity contribution in [2.75, 3.05) is 13.1 Å². The van der Waals surface area contributed by atoms with Crippen LogP contribution in [0.25, 0.3) is 11.3 Å². The molecule has 0 aliphatic rings. The van der Waals surface area contributed by atoms with E-state index in [0.717, 1.165) is 43.1 Å². The van der Waals surface area contributed by atoms with Gasteiger partial charge in [0.1, 0.15) is 0 Å². The molecule has 2 aromatic rings. The molecular formula is C16H21IN2O. The third-order valence-corrected chi connectivity index (χ3v) is 3.63. The summed E-state index contributed by atoms with van der Waals surface area (Å²) in [5.41, 5.74) is 1.09. The predicted molar refractivity (Wildman–Crippen MR) is 90.7 cm³/mol. The van der Waals surface area contributed by atoms with Gasteiger partial charge in [0, 0.05) is 15.6 Å². The number of hydrogen-bond acceptors (Lipinski definition) is 3. The molecule has 108 valence electrons. The van der Waals surface area contributed by atoms with Gasteiger partial charge in [0.25, 0.3) is 0 Å². The Hall–Kier alpha value is -0.880. The lowest BCUT2D eigenvalue weighted by atomic mass is 10.2. The first-order chi connectivity index (χ1) is 9.65. The Morgan fingerprint density at radius 1 is 1.35 bits per heavy atom. The molecule has 1 aromatic heterocycles. The summed E-state index contributed by atoms with van der Waals surface area (Å²) in [5.74, 6) is 2.38. The molecule has 2 rings (SSSR count). The first kappa shape index (κ1) is 15.5. The van der Waals surface area contributed by atoms with E-state index in [-0.39, 0.29) is 0 Å². The molecule has 0 bridgehead atoms. The topological polar surface area (TPSA) is 38.1 Å². The summed E-state index contributed by atoms with van der Waals surface area (Å²) in [5, 5.41) is 3.43. The number of oxazole rings is 1. The molecule has 1 N–H and O–H groups in total. The van der Waals surface area contributed by atoms with Crippen molar-refractivity contribution in [3.8, 4) is 11.3 Å². The highest BCUT2D eigenvalue weighted by Gasteiger charge is 2.06. The molecule has 0 radical (unpaired) electrons. The molecule has 0 aliphatic heterocycles. The average Bonchev–Trinajstić information content (AvgIpc) is 2.87. The molecule has 0 spiro atoms. The average molecular weight is 384 g/mol. The fourth-order valence-corrected chi connectivity index (χ4v) is 2.50. The van der Waals surface area contributed by atoms with E-state index in [1.807, 2.05) is 12.3 Å². The maximum Gasteiger partial charge on any atom is 0.194 e. The van der Waals surface area contributed by atoms with E-state index >= 15 is 0 Å². The number of nitrogens with zero attached hydrogens (tertiary/aromatic N) is 1. The van der Waals surface area contributed by atoms with E-state index in [2.05, 4.69) is 64.9 Å². The molecular weight excluding hydrogens is 363 g/mol. The molecule has 0 saturated heterocycles. The summed E-state index contributed by atoms with van der Waals surface area (Å²) in [6.07, 6.45) is 3.76. The van der Waals surface area contributed by atoms with Crippen LogP contribution in [0.1, 0.15) is 26.2 Å². The lowest BCUT2D eigenvalue weighted by molar-refractivity contribution is 0.483. The van der Waals surface area contributed by atoms with Crippen LogP contribution < -0.4 is 5.32 Å². The number of halogens is 1. The number of nitrogens with one attached hydrogen (secondary N) is 1. The number of aryl methyl sites for hydroxylation is 1. The summed E-state index contributed by atoms with van der Waals surface area (Å²) in [6.45, 7) is 6.52. The lowest BCUT2D eigenvalue weighted by Gasteiger charge is -2.05. The van der Waals surface area contributed by atoms with Crippen molar-refractivity contribution in [2.45, 2.75) is 26.7 Å². The van der Waals surface area contributed by atoms with Crippen LogP contribution in [-0.4, -0.2) is 18.1 Å². The Morgan fingerprint density at radius 2 is 2.20 bits per heavy atom. The monoisotopic (exact) mass is 384 g/mol. The van der Waals surface area contributed by atoms with E-state index in [9.17, 15) is 0 Å². The third kappa shape index (κ3) is 4.90. The highest BCUT2D eigenvalue weighted by Crippen LogP contribution is 2.22. The van der Waals surface area contributed by atoms with E-state index in [0.29, 0.717) is 5.92 Å². The Labute approximate surface area is 134 Å². The maximum absolute atomic E-state index is 5.81. The fraction of sp³-hybridized carbons (Fsp3) is 0.438. The van der Waals surface area contributed by atoms with Gasteiger partial charge < -0.3 is 9.73 Å². The van der Waals surface area contributed by atoms with Gasteiger partial charge in [-0.15, -0.1) is 0 Å². The van der Waals surface area contributed by atoms with Crippen molar-refractivity contribution in [1.29, 1.82) is 0 Å². The summed E-state index contributed by atoms with van der Waals surface area (Å²) >= 11 is 2.31. The molecule has 1 aromatic carbocycles. The molecule has 3 nitrogen and oxygen atoms in total. The second kappa shape index (κ2) is 7.78. The number of rotatable bonds is 7. The van der Waals surface area contributed by atoms with Crippen molar-refractivity contribution in [3.05, 3.63) is 39.9 Å². The van der Waals surface area contributed by atoms with Crippen molar-refractivity contribution in [1.82, 2.24) is 10.3 Å². The molecule has 4 heteroatoms. The summed E-state index contributed by atoms with van der Waals surface area (Å²) in [7, 11) is 0. The summed E-state index contributed by atoms with van der Waals surface area (Å²) < 4.78 is 7.01. The first-order valence-corrected chi connectivity index (χ1v) is 8.14.